The molecule has 0 radical (unpaired) electrons. The van der Waals surface area contributed by atoms with Gasteiger partial charge in [0.05, 0.1) is 11.1 Å². The lowest BCUT2D eigenvalue weighted by Gasteiger charge is -2.10. The van der Waals surface area contributed by atoms with Crippen molar-refractivity contribution in [3.8, 4) is 0 Å². The Hall–Kier alpha value is -1.66. The van der Waals surface area contributed by atoms with Crippen molar-refractivity contribution < 1.29 is 18.7 Å². The molecule has 1 aliphatic rings. The van der Waals surface area contributed by atoms with E-state index in [9.17, 15) is 14.0 Å². The van der Waals surface area contributed by atoms with E-state index in [4.69, 9.17) is 16.3 Å². The smallest absolute Gasteiger partial charge is 0.313 e. The standard InChI is InChI=1S/C13H14ClFN2O3/c14-10-6-8(3-4-11(10)15)17-13(19)12(18)16-7-9-2-1-5-20-9/h3-4,6,9H,1-2,5,7H2,(H,16,18)(H,17,19)/t9-/m0/s1. The van der Waals surface area contributed by atoms with Crippen molar-refractivity contribution in [2.24, 2.45) is 0 Å². The number of halogens is 2. The van der Waals surface area contributed by atoms with Crippen LogP contribution in [0.1, 0.15) is 12.8 Å². The molecule has 1 saturated heterocycles. The number of anilines is 1. The van der Waals surface area contributed by atoms with Crippen LogP contribution in [-0.4, -0.2) is 31.1 Å². The Bertz CT molecular complexity index is 518. The van der Waals surface area contributed by atoms with E-state index < -0.39 is 17.6 Å². The second-order valence-electron chi connectivity index (χ2n) is 4.43. The summed E-state index contributed by atoms with van der Waals surface area (Å²) in [4.78, 5) is 23.2. The van der Waals surface area contributed by atoms with E-state index in [0.717, 1.165) is 18.9 Å². The molecule has 1 heterocycles. The Labute approximate surface area is 120 Å². The minimum absolute atomic E-state index is 0.0352. The maximum Gasteiger partial charge on any atom is 0.313 e. The van der Waals surface area contributed by atoms with E-state index in [1.54, 1.807) is 0 Å². The van der Waals surface area contributed by atoms with Gasteiger partial charge < -0.3 is 15.4 Å². The molecule has 1 atom stereocenters. The summed E-state index contributed by atoms with van der Waals surface area (Å²) in [6, 6.07) is 3.68. The largest absolute Gasteiger partial charge is 0.376 e. The van der Waals surface area contributed by atoms with Gasteiger partial charge in [-0.3, -0.25) is 9.59 Å². The number of hydrogen-bond donors (Lipinski definition) is 2. The Morgan fingerprint density at radius 2 is 2.20 bits per heavy atom. The maximum atomic E-state index is 13.0. The highest BCUT2D eigenvalue weighted by atomic mass is 35.5. The fraction of sp³-hybridized carbons (Fsp3) is 0.385. The van der Waals surface area contributed by atoms with Crippen molar-refractivity contribution in [1.29, 1.82) is 0 Å². The maximum absolute atomic E-state index is 13.0. The fourth-order valence-corrected chi connectivity index (χ4v) is 2.03. The predicted octanol–water partition coefficient (Wildman–Crippen LogP) is 1.71. The second kappa shape index (κ2) is 6.67. The molecule has 0 unspecified atom stereocenters. The monoisotopic (exact) mass is 300 g/mol. The summed E-state index contributed by atoms with van der Waals surface area (Å²) in [6.07, 6.45) is 1.79. The van der Waals surface area contributed by atoms with E-state index in [-0.39, 0.29) is 16.8 Å². The highest BCUT2D eigenvalue weighted by Gasteiger charge is 2.19. The van der Waals surface area contributed by atoms with Crippen LogP contribution in [0.3, 0.4) is 0 Å². The predicted molar refractivity (Wildman–Crippen MR) is 72.0 cm³/mol. The molecule has 1 aliphatic heterocycles. The lowest BCUT2D eigenvalue weighted by molar-refractivity contribution is -0.136. The van der Waals surface area contributed by atoms with Gasteiger partial charge in [-0.05, 0) is 31.0 Å². The summed E-state index contributed by atoms with van der Waals surface area (Å²) >= 11 is 5.58. The molecule has 108 valence electrons. The lowest BCUT2D eigenvalue weighted by atomic mass is 10.2. The summed E-state index contributed by atoms with van der Waals surface area (Å²) in [5.74, 6) is -2.18. The van der Waals surface area contributed by atoms with Crippen LogP contribution in [-0.2, 0) is 14.3 Å². The van der Waals surface area contributed by atoms with Crippen LogP contribution in [0.5, 0.6) is 0 Å². The average molecular weight is 301 g/mol. The third-order valence-corrected chi connectivity index (χ3v) is 3.19. The first-order valence-corrected chi connectivity index (χ1v) is 6.60. The summed E-state index contributed by atoms with van der Waals surface area (Å²) in [5, 5.41) is 4.71. The molecular formula is C13H14ClFN2O3. The fourth-order valence-electron chi connectivity index (χ4n) is 1.85. The minimum Gasteiger partial charge on any atom is -0.376 e. The van der Waals surface area contributed by atoms with Crippen LogP contribution in [0.15, 0.2) is 18.2 Å². The van der Waals surface area contributed by atoms with E-state index in [2.05, 4.69) is 10.6 Å². The molecular weight excluding hydrogens is 287 g/mol. The van der Waals surface area contributed by atoms with Crippen molar-refractivity contribution in [3.05, 3.63) is 29.0 Å². The SMILES string of the molecule is O=C(NC[C@@H]1CCCO1)C(=O)Nc1ccc(F)c(Cl)c1. The first kappa shape index (κ1) is 14.7. The molecule has 0 spiro atoms. The van der Waals surface area contributed by atoms with Gasteiger partial charge >= 0.3 is 11.8 Å². The second-order valence-corrected chi connectivity index (χ2v) is 4.84. The van der Waals surface area contributed by atoms with Gasteiger partial charge in [0.25, 0.3) is 0 Å². The molecule has 2 rings (SSSR count). The molecule has 2 N–H and O–H groups in total. The summed E-state index contributed by atoms with van der Waals surface area (Å²) in [5.41, 5.74) is 0.258. The van der Waals surface area contributed by atoms with E-state index in [1.165, 1.54) is 12.1 Å². The van der Waals surface area contributed by atoms with Crippen LogP contribution in [0.2, 0.25) is 5.02 Å². The molecule has 0 aliphatic carbocycles. The number of amides is 2. The molecule has 7 heteroatoms. The number of rotatable bonds is 3. The Balaban J connectivity index is 1.83. The van der Waals surface area contributed by atoms with Crippen molar-refractivity contribution >= 4 is 29.1 Å². The normalized spacial score (nSPS) is 17.8. The Morgan fingerprint density at radius 3 is 2.85 bits per heavy atom. The summed E-state index contributed by atoms with van der Waals surface area (Å²) < 4.78 is 18.3. The van der Waals surface area contributed by atoms with Gasteiger partial charge in [0.1, 0.15) is 5.82 Å². The molecule has 1 aromatic rings. The van der Waals surface area contributed by atoms with E-state index in [0.29, 0.717) is 13.2 Å². The van der Waals surface area contributed by atoms with Crippen LogP contribution in [0.25, 0.3) is 0 Å². The topological polar surface area (TPSA) is 67.4 Å². The highest BCUT2D eigenvalue weighted by molar-refractivity contribution is 6.39. The number of ether oxygens (including phenoxy) is 1. The summed E-state index contributed by atoms with van der Waals surface area (Å²) in [7, 11) is 0. The Kier molecular flexibility index (Phi) is 4.92. The molecule has 5 nitrogen and oxygen atoms in total. The van der Waals surface area contributed by atoms with Crippen molar-refractivity contribution in [2.75, 3.05) is 18.5 Å². The molecule has 1 aromatic carbocycles. The highest BCUT2D eigenvalue weighted by Crippen LogP contribution is 2.19. The van der Waals surface area contributed by atoms with Gasteiger partial charge in [0.2, 0.25) is 0 Å². The molecule has 20 heavy (non-hydrogen) atoms. The third-order valence-electron chi connectivity index (χ3n) is 2.90. The van der Waals surface area contributed by atoms with Gasteiger partial charge in [-0.15, -0.1) is 0 Å². The van der Waals surface area contributed by atoms with Crippen molar-refractivity contribution in [2.45, 2.75) is 18.9 Å². The molecule has 0 saturated carbocycles. The van der Waals surface area contributed by atoms with Crippen LogP contribution < -0.4 is 10.6 Å². The van der Waals surface area contributed by atoms with Crippen LogP contribution in [0.4, 0.5) is 10.1 Å². The number of hydrogen-bond acceptors (Lipinski definition) is 3. The zero-order valence-corrected chi connectivity index (χ0v) is 11.4. The Morgan fingerprint density at radius 1 is 1.40 bits per heavy atom. The van der Waals surface area contributed by atoms with E-state index in [1.807, 2.05) is 0 Å². The quantitative estimate of drug-likeness (QED) is 0.835. The third kappa shape index (κ3) is 3.91. The van der Waals surface area contributed by atoms with Gasteiger partial charge in [-0.2, -0.15) is 0 Å². The van der Waals surface area contributed by atoms with Gasteiger partial charge in [-0.25, -0.2) is 4.39 Å². The number of nitrogens with one attached hydrogen (secondary N) is 2. The number of carbonyl (C=O) groups excluding carboxylic acids is 2. The van der Waals surface area contributed by atoms with Gasteiger partial charge in [0.15, 0.2) is 0 Å². The minimum atomic E-state index is -0.828. The first-order valence-electron chi connectivity index (χ1n) is 6.22. The molecule has 0 bridgehead atoms. The number of benzene rings is 1. The van der Waals surface area contributed by atoms with E-state index >= 15 is 0 Å². The molecule has 1 fully saturated rings. The first-order chi connectivity index (χ1) is 9.56. The number of carbonyl (C=O) groups is 2. The zero-order valence-electron chi connectivity index (χ0n) is 10.6. The van der Waals surface area contributed by atoms with Gasteiger partial charge in [-0.1, -0.05) is 11.6 Å². The van der Waals surface area contributed by atoms with Crippen molar-refractivity contribution in [1.82, 2.24) is 5.32 Å². The average Bonchev–Trinajstić information content (AvgIpc) is 2.93. The molecule has 0 aromatic heterocycles. The van der Waals surface area contributed by atoms with Crippen molar-refractivity contribution in [3.63, 3.8) is 0 Å². The van der Waals surface area contributed by atoms with Gasteiger partial charge in [0, 0.05) is 18.8 Å². The zero-order chi connectivity index (χ0) is 14.5. The van der Waals surface area contributed by atoms with Crippen LogP contribution in [0, 0.1) is 5.82 Å². The lowest BCUT2D eigenvalue weighted by Crippen LogP contribution is -2.39. The molecule has 2 amide bonds. The summed E-state index contributed by atoms with van der Waals surface area (Å²) in [6.45, 7) is 0.983. The van der Waals surface area contributed by atoms with Crippen LogP contribution >= 0.6 is 11.6 Å².